The molecule has 0 aromatic heterocycles. The maximum Gasteiger partial charge on any atom is 0.265 e. The molecule has 2 amide bonds. The predicted octanol–water partition coefficient (Wildman–Crippen LogP) is 3.28. The highest BCUT2D eigenvalue weighted by Gasteiger charge is 2.36. The Morgan fingerprint density at radius 2 is 2.09 bits per heavy atom. The minimum absolute atomic E-state index is 0.0230. The van der Waals surface area contributed by atoms with E-state index in [1.165, 1.54) is 28.6 Å². The maximum absolute atomic E-state index is 13.5. The van der Waals surface area contributed by atoms with Crippen LogP contribution in [-0.4, -0.2) is 43.7 Å². The zero-order valence-electron chi connectivity index (χ0n) is 18.4. The number of carbonyl (C=O) groups is 2. The van der Waals surface area contributed by atoms with Gasteiger partial charge < -0.3 is 15.4 Å². The van der Waals surface area contributed by atoms with Crippen molar-refractivity contribution in [2.24, 2.45) is 5.92 Å². The molecule has 2 aliphatic rings. The van der Waals surface area contributed by atoms with E-state index >= 15 is 0 Å². The van der Waals surface area contributed by atoms with Crippen molar-refractivity contribution in [3.05, 3.63) is 47.8 Å². The molecule has 176 valence electrons. The van der Waals surface area contributed by atoms with Crippen LogP contribution in [0.4, 0.5) is 15.8 Å². The van der Waals surface area contributed by atoms with Gasteiger partial charge in [-0.05, 0) is 56.0 Å². The van der Waals surface area contributed by atoms with Crippen molar-refractivity contribution >= 4 is 33.2 Å². The lowest BCUT2D eigenvalue weighted by molar-refractivity contribution is -0.123. The number of benzene rings is 2. The summed E-state index contributed by atoms with van der Waals surface area (Å²) < 4.78 is 47.4. The summed E-state index contributed by atoms with van der Waals surface area (Å²) in [5, 5.41) is 5.43. The maximum atomic E-state index is 13.5. The van der Waals surface area contributed by atoms with Crippen LogP contribution < -0.4 is 15.4 Å². The summed E-state index contributed by atoms with van der Waals surface area (Å²) in [4.78, 5) is 24.9. The zero-order valence-corrected chi connectivity index (χ0v) is 19.2. The Balaban J connectivity index is 1.55. The van der Waals surface area contributed by atoms with Crippen molar-refractivity contribution < 1.29 is 27.1 Å². The van der Waals surface area contributed by atoms with Gasteiger partial charge in [0.15, 0.2) is 6.10 Å². The van der Waals surface area contributed by atoms with Gasteiger partial charge >= 0.3 is 0 Å². The normalized spacial score (nSPS) is 21.0. The van der Waals surface area contributed by atoms with Crippen LogP contribution in [0.25, 0.3) is 0 Å². The van der Waals surface area contributed by atoms with E-state index in [0.29, 0.717) is 42.0 Å². The third kappa shape index (κ3) is 4.72. The van der Waals surface area contributed by atoms with Gasteiger partial charge in [-0.15, -0.1) is 0 Å². The van der Waals surface area contributed by atoms with Gasteiger partial charge in [-0.3, -0.25) is 9.59 Å². The van der Waals surface area contributed by atoms with Crippen molar-refractivity contribution in [1.29, 1.82) is 0 Å². The second-order valence-electron chi connectivity index (χ2n) is 8.32. The molecule has 0 spiro atoms. The molecule has 4 rings (SSSR count). The SMILES string of the molecule is CCC1Oc2cc(S(=O)(=O)N3CCCC(C(=O)Nc4cccc(F)c4)C3)c(C)cc2NC1=O. The van der Waals surface area contributed by atoms with E-state index in [9.17, 15) is 22.4 Å². The molecule has 2 N–H and O–H groups in total. The Morgan fingerprint density at radius 1 is 1.30 bits per heavy atom. The van der Waals surface area contributed by atoms with Gasteiger partial charge in [-0.25, -0.2) is 12.8 Å². The standard InChI is InChI=1S/C23H26FN3O5S/c1-3-19-23(29)26-18-10-14(2)21(12-20(18)32-19)33(30,31)27-9-5-6-15(13-27)22(28)25-17-8-4-7-16(24)11-17/h4,7-8,10-12,15,19H,3,5-6,9,13H2,1-2H3,(H,25,28)(H,26,29). The summed E-state index contributed by atoms with van der Waals surface area (Å²) in [6.07, 6.45) is 0.829. The number of amides is 2. The summed E-state index contributed by atoms with van der Waals surface area (Å²) in [7, 11) is -3.91. The molecule has 2 aromatic rings. The van der Waals surface area contributed by atoms with E-state index in [2.05, 4.69) is 10.6 Å². The van der Waals surface area contributed by atoms with Gasteiger partial charge in [0.2, 0.25) is 15.9 Å². The van der Waals surface area contributed by atoms with E-state index < -0.39 is 27.9 Å². The minimum atomic E-state index is -3.91. The fraction of sp³-hybridized carbons (Fsp3) is 0.391. The number of sulfonamides is 1. The summed E-state index contributed by atoms with van der Waals surface area (Å²) in [6.45, 7) is 3.78. The van der Waals surface area contributed by atoms with Crippen molar-refractivity contribution in [1.82, 2.24) is 4.31 Å². The second kappa shape index (κ2) is 9.11. The van der Waals surface area contributed by atoms with E-state index in [0.717, 1.165) is 0 Å². The molecular weight excluding hydrogens is 449 g/mol. The van der Waals surface area contributed by atoms with Gasteiger partial charge in [-0.1, -0.05) is 13.0 Å². The average Bonchev–Trinajstić information content (AvgIpc) is 2.78. The van der Waals surface area contributed by atoms with Crippen LogP contribution in [0.15, 0.2) is 41.3 Å². The van der Waals surface area contributed by atoms with Crippen LogP contribution in [0.2, 0.25) is 0 Å². The number of nitrogens with zero attached hydrogens (tertiary/aromatic N) is 1. The molecule has 0 aliphatic carbocycles. The Labute approximate surface area is 192 Å². The molecule has 2 aliphatic heterocycles. The number of hydrogen-bond acceptors (Lipinski definition) is 5. The molecule has 2 heterocycles. The highest BCUT2D eigenvalue weighted by atomic mass is 32.2. The molecule has 0 radical (unpaired) electrons. The van der Waals surface area contributed by atoms with E-state index in [1.54, 1.807) is 19.1 Å². The Bertz CT molecular complexity index is 1200. The number of carbonyl (C=O) groups excluding carboxylic acids is 2. The van der Waals surface area contributed by atoms with E-state index in [4.69, 9.17) is 4.74 Å². The van der Waals surface area contributed by atoms with Crippen LogP contribution in [0.5, 0.6) is 5.75 Å². The molecule has 8 nitrogen and oxygen atoms in total. The number of aryl methyl sites for hydroxylation is 1. The van der Waals surface area contributed by atoms with E-state index in [-0.39, 0.29) is 29.8 Å². The van der Waals surface area contributed by atoms with Crippen molar-refractivity contribution in [2.45, 2.75) is 44.1 Å². The Morgan fingerprint density at radius 3 is 2.82 bits per heavy atom. The molecule has 33 heavy (non-hydrogen) atoms. The zero-order chi connectivity index (χ0) is 23.8. The summed E-state index contributed by atoms with van der Waals surface area (Å²) >= 11 is 0. The highest BCUT2D eigenvalue weighted by molar-refractivity contribution is 7.89. The number of rotatable bonds is 5. The van der Waals surface area contributed by atoms with Crippen LogP contribution in [0.3, 0.4) is 0 Å². The molecule has 0 bridgehead atoms. The largest absolute Gasteiger partial charge is 0.478 e. The van der Waals surface area contributed by atoms with Gasteiger partial charge in [-0.2, -0.15) is 4.31 Å². The molecule has 0 saturated carbocycles. The summed E-state index contributed by atoms with van der Waals surface area (Å²) in [5.74, 6) is -1.33. The summed E-state index contributed by atoms with van der Waals surface area (Å²) in [6, 6.07) is 8.60. The predicted molar refractivity (Wildman–Crippen MR) is 121 cm³/mol. The Kier molecular flexibility index (Phi) is 6.40. The lowest BCUT2D eigenvalue weighted by Gasteiger charge is -2.32. The number of hydrogen-bond donors (Lipinski definition) is 2. The van der Waals surface area contributed by atoms with Gasteiger partial charge in [0.25, 0.3) is 5.91 Å². The fourth-order valence-corrected chi connectivity index (χ4v) is 5.90. The van der Waals surface area contributed by atoms with Crippen molar-refractivity contribution in [3.63, 3.8) is 0 Å². The first-order chi connectivity index (χ1) is 15.7. The summed E-state index contributed by atoms with van der Waals surface area (Å²) in [5.41, 5.74) is 1.24. The number of anilines is 2. The first-order valence-electron chi connectivity index (χ1n) is 10.9. The Hall–Kier alpha value is -2.98. The molecule has 2 aromatic carbocycles. The number of halogens is 1. The molecule has 1 fully saturated rings. The van der Waals surface area contributed by atoms with Crippen LogP contribution in [-0.2, 0) is 19.6 Å². The smallest absolute Gasteiger partial charge is 0.265 e. The molecule has 2 unspecified atom stereocenters. The number of fused-ring (bicyclic) bond motifs is 1. The van der Waals surface area contributed by atoms with Gasteiger partial charge in [0.1, 0.15) is 11.6 Å². The first-order valence-corrected chi connectivity index (χ1v) is 12.3. The number of ether oxygens (including phenoxy) is 1. The topological polar surface area (TPSA) is 105 Å². The lowest BCUT2D eigenvalue weighted by atomic mass is 9.99. The highest BCUT2D eigenvalue weighted by Crippen LogP contribution is 2.36. The molecule has 2 atom stereocenters. The lowest BCUT2D eigenvalue weighted by Crippen LogP contribution is -2.44. The third-order valence-electron chi connectivity index (χ3n) is 5.93. The number of piperidine rings is 1. The quantitative estimate of drug-likeness (QED) is 0.691. The molecule has 1 saturated heterocycles. The van der Waals surface area contributed by atoms with E-state index in [1.807, 2.05) is 6.92 Å². The fourth-order valence-electron chi connectivity index (χ4n) is 4.16. The number of nitrogens with one attached hydrogen (secondary N) is 2. The molecule has 10 heteroatoms. The molecular formula is C23H26FN3O5S. The first kappa shape index (κ1) is 23.2. The van der Waals surface area contributed by atoms with Crippen LogP contribution in [0.1, 0.15) is 31.7 Å². The third-order valence-corrected chi connectivity index (χ3v) is 7.94. The van der Waals surface area contributed by atoms with Crippen LogP contribution >= 0.6 is 0 Å². The second-order valence-corrected chi connectivity index (χ2v) is 10.2. The van der Waals surface area contributed by atoms with Gasteiger partial charge in [0.05, 0.1) is 16.5 Å². The van der Waals surface area contributed by atoms with Gasteiger partial charge in [0, 0.05) is 24.8 Å². The van der Waals surface area contributed by atoms with Crippen molar-refractivity contribution in [2.75, 3.05) is 23.7 Å². The monoisotopic (exact) mass is 475 g/mol. The van der Waals surface area contributed by atoms with Crippen molar-refractivity contribution in [3.8, 4) is 5.75 Å². The minimum Gasteiger partial charge on any atom is -0.478 e. The average molecular weight is 476 g/mol. The van der Waals surface area contributed by atoms with Crippen LogP contribution in [0, 0.1) is 18.7 Å².